The first-order chi connectivity index (χ1) is 12.8. The fourth-order valence-electron chi connectivity index (χ4n) is 4.11. The number of carbonyl (C=O) groups excluding carboxylic acids is 1. The van der Waals surface area contributed by atoms with Crippen LogP contribution in [0.4, 0.5) is 5.69 Å². The Bertz CT molecular complexity index is 1040. The van der Waals surface area contributed by atoms with Crippen LogP contribution < -0.4 is 10.9 Å². The fraction of sp³-hybridized carbons (Fsp3) is 0.368. The molecule has 142 valence electrons. The predicted molar refractivity (Wildman–Crippen MR) is 101 cm³/mol. The van der Waals surface area contributed by atoms with E-state index >= 15 is 0 Å². The summed E-state index contributed by atoms with van der Waals surface area (Å²) >= 11 is 0. The van der Waals surface area contributed by atoms with Gasteiger partial charge in [0.2, 0.25) is 15.9 Å². The van der Waals surface area contributed by atoms with Gasteiger partial charge >= 0.3 is 0 Å². The van der Waals surface area contributed by atoms with E-state index in [2.05, 4.69) is 5.32 Å². The van der Waals surface area contributed by atoms with Gasteiger partial charge in [0, 0.05) is 49.9 Å². The summed E-state index contributed by atoms with van der Waals surface area (Å²) in [5.74, 6) is -0.0482. The van der Waals surface area contributed by atoms with Crippen molar-refractivity contribution >= 4 is 21.6 Å². The van der Waals surface area contributed by atoms with Gasteiger partial charge in [0.25, 0.3) is 5.56 Å². The number of amides is 1. The predicted octanol–water partition coefficient (Wildman–Crippen LogP) is 1.61. The number of fused-ring (bicyclic) bond motifs is 4. The Morgan fingerprint density at radius 3 is 2.52 bits per heavy atom. The van der Waals surface area contributed by atoms with Crippen LogP contribution in [0.15, 0.2) is 52.2 Å². The smallest absolute Gasteiger partial charge is 0.250 e. The van der Waals surface area contributed by atoms with Gasteiger partial charge in [0.1, 0.15) is 0 Å². The Balaban J connectivity index is 1.61. The number of carbonyl (C=O) groups is 1. The van der Waals surface area contributed by atoms with Crippen LogP contribution in [-0.4, -0.2) is 36.3 Å². The van der Waals surface area contributed by atoms with Gasteiger partial charge in [0.05, 0.1) is 4.90 Å². The maximum Gasteiger partial charge on any atom is 0.250 e. The number of anilines is 1. The van der Waals surface area contributed by atoms with E-state index in [9.17, 15) is 18.0 Å². The molecule has 1 aromatic carbocycles. The standard InChI is InChI=1S/C19H21N3O4S/c1-13(23)20-16-5-7-17(8-6-16)27(25,26)21-10-14-9-15(12-21)18-3-2-4-19(24)22(18)11-14/h2-8,14-15H,9-12H2,1H3,(H,20,23)/t14-,15+/m1/s1. The van der Waals surface area contributed by atoms with Gasteiger partial charge in [-0.2, -0.15) is 4.31 Å². The van der Waals surface area contributed by atoms with Crippen LogP contribution >= 0.6 is 0 Å². The quantitative estimate of drug-likeness (QED) is 0.867. The number of hydrogen-bond donors (Lipinski definition) is 1. The van der Waals surface area contributed by atoms with Crippen LogP contribution in [0.25, 0.3) is 0 Å². The van der Waals surface area contributed by atoms with Crippen LogP contribution in [-0.2, 0) is 21.4 Å². The molecule has 4 rings (SSSR count). The lowest BCUT2D eigenvalue weighted by Gasteiger charge is -2.42. The van der Waals surface area contributed by atoms with Gasteiger partial charge in [-0.15, -0.1) is 0 Å². The molecule has 8 heteroatoms. The Labute approximate surface area is 157 Å². The molecule has 2 aromatic rings. The van der Waals surface area contributed by atoms with Gasteiger partial charge in [-0.05, 0) is 42.7 Å². The number of hydrogen-bond acceptors (Lipinski definition) is 4. The van der Waals surface area contributed by atoms with Crippen molar-refractivity contribution in [1.29, 1.82) is 0 Å². The maximum atomic E-state index is 13.1. The summed E-state index contributed by atoms with van der Waals surface area (Å²) in [6, 6.07) is 11.4. The normalized spacial score (nSPS) is 22.1. The zero-order valence-electron chi connectivity index (χ0n) is 15.0. The van der Waals surface area contributed by atoms with E-state index < -0.39 is 10.0 Å². The number of piperidine rings is 1. The molecule has 0 aliphatic carbocycles. The Morgan fingerprint density at radius 2 is 1.81 bits per heavy atom. The van der Waals surface area contributed by atoms with Crippen molar-refractivity contribution in [2.75, 3.05) is 18.4 Å². The van der Waals surface area contributed by atoms with E-state index in [1.54, 1.807) is 28.8 Å². The van der Waals surface area contributed by atoms with Crippen molar-refractivity contribution in [3.63, 3.8) is 0 Å². The van der Waals surface area contributed by atoms with Gasteiger partial charge in [-0.25, -0.2) is 8.42 Å². The van der Waals surface area contributed by atoms with E-state index in [0.717, 1.165) is 12.1 Å². The topological polar surface area (TPSA) is 88.5 Å². The number of nitrogens with zero attached hydrogens (tertiary/aromatic N) is 2. The Hall–Kier alpha value is -2.45. The van der Waals surface area contributed by atoms with Crippen molar-refractivity contribution in [2.24, 2.45) is 5.92 Å². The highest BCUT2D eigenvalue weighted by molar-refractivity contribution is 7.89. The molecule has 2 aliphatic rings. The number of aromatic nitrogens is 1. The van der Waals surface area contributed by atoms with Crippen LogP contribution in [0, 0.1) is 5.92 Å². The highest BCUT2D eigenvalue weighted by Crippen LogP contribution is 2.37. The van der Waals surface area contributed by atoms with E-state index in [-0.39, 0.29) is 28.2 Å². The third-order valence-corrected chi connectivity index (χ3v) is 7.10. The summed E-state index contributed by atoms with van der Waals surface area (Å²) in [5.41, 5.74) is 1.46. The molecule has 1 aromatic heterocycles. The monoisotopic (exact) mass is 387 g/mol. The van der Waals surface area contributed by atoms with Crippen LogP contribution in [0.5, 0.6) is 0 Å². The summed E-state index contributed by atoms with van der Waals surface area (Å²) in [7, 11) is -3.63. The summed E-state index contributed by atoms with van der Waals surface area (Å²) < 4.78 is 29.5. The molecule has 7 nitrogen and oxygen atoms in total. The van der Waals surface area contributed by atoms with Crippen molar-refractivity contribution in [2.45, 2.75) is 30.7 Å². The van der Waals surface area contributed by atoms with Gasteiger partial charge in [-0.1, -0.05) is 6.07 Å². The van der Waals surface area contributed by atoms with Crippen molar-refractivity contribution in [3.05, 3.63) is 58.5 Å². The molecule has 27 heavy (non-hydrogen) atoms. The van der Waals surface area contributed by atoms with Crippen molar-refractivity contribution < 1.29 is 13.2 Å². The first-order valence-electron chi connectivity index (χ1n) is 8.92. The lowest BCUT2D eigenvalue weighted by Crippen LogP contribution is -2.48. The summed E-state index contributed by atoms with van der Waals surface area (Å²) in [6.07, 6.45) is 0.900. The van der Waals surface area contributed by atoms with Gasteiger partial charge < -0.3 is 9.88 Å². The van der Waals surface area contributed by atoms with E-state index in [4.69, 9.17) is 0 Å². The third kappa shape index (κ3) is 3.30. The molecular formula is C19H21N3O4S. The van der Waals surface area contributed by atoms with Crippen LogP contribution in [0.3, 0.4) is 0 Å². The minimum absolute atomic E-state index is 0.0212. The molecule has 3 heterocycles. The molecule has 1 amide bonds. The van der Waals surface area contributed by atoms with Crippen LogP contribution in [0.2, 0.25) is 0 Å². The zero-order valence-corrected chi connectivity index (χ0v) is 15.8. The number of nitrogens with one attached hydrogen (secondary N) is 1. The largest absolute Gasteiger partial charge is 0.326 e. The summed E-state index contributed by atoms with van der Waals surface area (Å²) in [5, 5.41) is 2.63. The number of benzene rings is 1. The second kappa shape index (κ2) is 6.61. The highest BCUT2D eigenvalue weighted by Gasteiger charge is 2.39. The summed E-state index contributed by atoms with van der Waals surface area (Å²) in [4.78, 5) is 23.4. The number of sulfonamides is 1. The van der Waals surface area contributed by atoms with E-state index in [0.29, 0.717) is 25.3 Å². The molecule has 1 saturated heterocycles. The number of rotatable bonds is 3. The first-order valence-corrected chi connectivity index (χ1v) is 10.4. The molecule has 2 aliphatic heterocycles. The fourth-order valence-corrected chi connectivity index (χ4v) is 5.67. The molecular weight excluding hydrogens is 366 g/mol. The van der Waals surface area contributed by atoms with Crippen molar-refractivity contribution in [3.8, 4) is 0 Å². The third-order valence-electron chi connectivity index (χ3n) is 5.26. The first kappa shape index (κ1) is 17.9. The minimum atomic E-state index is -3.63. The van der Waals surface area contributed by atoms with E-state index in [1.807, 2.05) is 6.07 Å². The second-order valence-electron chi connectivity index (χ2n) is 7.23. The van der Waals surface area contributed by atoms with Gasteiger partial charge in [0.15, 0.2) is 0 Å². The van der Waals surface area contributed by atoms with Crippen molar-refractivity contribution in [1.82, 2.24) is 8.87 Å². The molecule has 1 fully saturated rings. The highest BCUT2D eigenvalue weighted by atomic mass is 32.2. The molecule has 0 spiro atoms. The van der Waals surface area contributed by atoms with Gasteiger partial charge in [-0.3, -0.25) is 9.59 Å². The molecule has 1 N–H and O–H groups in total. The molecule has 0 saturated carbocycles. The SMILES string of the molecule is CC(=O)Nc1ccc(S(=O)(=O)N2C[C@H]3C[C@@H](C2)c2cccc(=O)n2C3)cc1. The minimum Gasteiger partial charge on any atom is -0.326 e. The summed E-state index contributed by atoms with van der Waals surface area (Å²) in [6.45, 7) is 2.74. The second-order valence-corrected chi connectivity index (χ2v) is 9.16. The Morgan fingerprint density at radius 1 is 1.07 bits per heavy atom. The molecule has 0 unspecified atom stereocenters. The van der Waals surface area contributed by atoms with E-state index in [1.165, 1.54) is 23.4 Å². The number of pyridine rings is 1. The lowest BCUT2D eigenvalue weighted by molar-refractivity contribution is -0.114. The molecule has 0 radical (unpaired) electrons. The maximum absolute atomic E-state index is 13.1. The Kier molecular flexibility index (Phi) is 4.39. The lowest BCUT2D eigenvalue weighted by atomic mass is 9.84. The molecule has 2 bridgehead atoms. The molecule has 2 atom stereocenters. The average Bonchev–Trinajstić information content (AvgIpc) is 2.62. The average molecular weight is 387 g/mol. The van der Waals surface area contributed by atoms with Crippen LogP contribution in [0.1, 0.15) is 25.0 Å². The zero-order chi connectivity index (χ0) is 19.2.